The van der Waals surface area contributed by atoms with Gasteiger partial charge in [-0.05, 0) is 24.6 Å². The number of aryl methyl sites for hydroxylation is 2. The van der Waals surface area contributed by atoms with Gasteiger partial charge in [-0.25, -0.2) is 9.67 Å². The van der Waals surface area contributed by atoms with Crippen LogP contribution in [-0.4, -0.2) is 37.2 Å². The van der Waals surface area contributed by atoms with Crippen LogP contribution in [0.1, 0.15) is 17.5 Å². The summed E-state index contributed by atoms with van der Waals surface area (Å²) in [6.45, 7) is 2.82. The van der Waals surface area contributed by atoms with Crippen molar-refractivity contribution in [1.82, 2.24) is 24.2 Å². The quantitative estimate of drug-likeness (QED) is 0.498. The number of amides is 1. The lowest BCUT2D eigenvalue weighted by Gasteiger charge is -2.17. The first-order chi connectivity index (χ1) is 14.5. The molecule has 7 heteroatoms. The SMILES string of the molecule is Cc1ccc(-n2ncc3c(=O)n(CCC(=O)N(C)Cc4ccccc4)cnc32)cc1. The molecule has 0 saturated carbocycles. The van der Waals surface area contributed by atoms with Gasteiger partial charge in [-0.2, -0.15) is 5.10 Å². The molecule has 0 fully saturated rings. The van der Waals surface area contributed by atoms with Crippen LogP contribution < -0.4 is 5.56 Å². The van der Waals surface area contributed by atoms with Crippen LogP contribution in [0.4, 0.5) is 0 Å². The van der Waals surface area contributed by atoms with Crippen LogP contribution in [0, 0.1) is 6.92 Å². The summed E-state index contributed by atoms with van der Waals surface area (Å²) < 4.78 is 3.12. The van der Waals surface area contributed by atoms with Crippen LogP contribution in [-0.2, 0) is 17.9 Å². The highest BCUT2D eigenvalue weighted by Crippen LogP contribution is 2.14. The van der Waals surface area contributed by atoms with E-state index in [9.17, 15) is 9.59 Å². The number of aromatic nitrogens is 4. The lowest BCUT2D eigenvalue weighted by Crippen LogP contribution is -2.29. The molecule has 0 aliphatic heterocycles. The lowest BCUT2D eigenvalue weighted by molar-refractivity contribution is -0.130. The number of nitrogens with zero attached hydrogens (tertiary/aromatic N) is 5. The molecule has 152 valence electrons. The fraction of sp³-hybridized carbons (Fsp3) is 0.217. The summed E-state index contributed by atoms with van der Waals surface area (Å²) in [6, 6.07) is 17.7. The first kappa shape index (κ1) is 19.6. The van der Waals surface area contributed by atoms with E-state index in [1.165, 1.54) is 17.1 Å². The van der Waals surface area contributed by atoms with Crippen LogP contribution >= 0.6 is 0 Å². The molecule has 4 aromatic rings. The maximum Gasteiger partial charge on any atom is 0.264 e. The monoisotopic (exact) mass is 401 g/mol. The Labute approximate surface area is 174 Å². The maximum atomic E-state index is 12.8. The summed E-state index contributed by atoms with van der Waals surface area (Å²) in [5.41, 5.74) is 3.37. The van der Waals surface area contributed by atoms with Gasteiger partial charge in [0.25, 0.3) is 5.56 Å². The van der Waals surface area contributed by atoms with E-state index in [0.29, 0.717) is 17.6 Å². The Balaban J connectivity index is 1.48. The number of fused-ring (bicyclic) bond motifs is 1. The highest BCUT2D eigenvalue weighted by Gasteiger charge is 2.14. The van der Waals surface area contributed by atoms with Gasteiger partial charge >= 0.3 is 0 Å². The van der Waals surface area contributed by atoms with Crippen molar-refractivity contribution in [2.75, 3.05) is 7.05 Å². The standard InChI is InChI=1S/C23H23N5O2/c1-17-8-10-19(11-9-17)28-22-20(14-25-28)23(30)27(16-24-22)13-12-21(29)26(2)15-18-6-4-3-5-7-18/h3-11,14,16H,12-13,15H2,1-2H3. The normalized spacial score (nSPS) is 11.0. The fourth-order valence-electron chi connectivity index (χ4n) is 3.34. The number of hydrogen-bond acceptors (Lipinski definition) is 4. The van der Waals surface area contributed by atoms with Crippen molar-refractivity contribution in [2.45, 2.75) is 26.4 Å². The van der Waals surface area contributed by atoms with Crippen LogP contribution in [0.25, 0.3) is 16.7 Å². The van der Waals surface area contributed by atoms with Crippen LogP contribution in [0.5, 0.6) is 0 Å². The highest BCUT2D eigenvalue weighted by molar-refractivity contribution is 5.76. The molecule has 0 aliphatic carbocycles. The topological polar surface area (TPSA) is 73.0 Å². The molecule has 2 aromatic heterocycles. The predicted octanol–water partition coefficient (Wildman–Crippen LogP) is 2.94. The van der Waals surface area contributed by atoms with Crippen molar-refractivity contribution in [3.8, 4) is 5.69 Å². The van der Waals surface area contributed by atoms with Gasteiger partial charge in [0.05, 0.1) is 18.2 Å². The number of rotatable bonds is 6. The molecule has 2 heterocycles. The zero-order valence-corrected chi connectivity index (χ0v) is 17.0. The molecule has 0 spiro atoms. The number of carbonyl (C=O) groups is 1. The van der Waals surface area contributed by atoms with Crippen molar-refractivity contribution in [3.05, 3.63) is 88.6 Å². The minimum absolute atomic E-state index is 0.0267. The molecule has 2 aromatic carbocycles. The Bertz CT molecular complexity index is 1230. The Morgan fingerprint density at radius 2 is 1.80 bits per heavy atom. The van der Waals surface area contributed by atoms with Gasteiger partial charge < -0.3 is 4.90 Å². The first-order valence-corrected chi connectivity index (χ1v) is 9.81. The van der Waals surface area contributed by atoms with Crippen molar-refractivity contribution >= 4 is 16.9 Å². The number of benzene rings is 2. The van der Waals surface area contributed by atoms with E-state index in [1.807, 2.05) is 61.5 Å². The van der Waals surface area contributed by atoms with Crippen LogP contribution in [0.2, 0.25) is 0 Å². The third-order valence-corrected chi connectivity index (χ3v) is 5.09. The summed E-state index contributed by atoms with van der Waals surface area (Å²) in [4.78, 5) is 31.4. The summed E-state index contributed by atoms with van der Waals surface area (Å²) in [7, 11) is 1.77. The summed E-state index contributed by atoms with van der Waals surface area (Å²) in [5.74, 6) is -0.0267. The van der Waals surface area contributed by atoms with E-state index in [0.717, 1.165) is 16.8 Å². The van der Waals surface area contributed by atoms with Crippen LogP contribution in [0.15, 0.2) is 71.9 Å². The van der Waals surface area contributed by atoms with Gasteiger partial charge in [0.15, 0.2) is 5.65 Å². The second kappa shape index (κ2) is 8.32. The second-order valence-electron chi connectivity index (χ2n) is 7.36. The average molecular weight is 401 g/mol. The Morgan fingerprint density at radius 3 is 2.53 bits per heavy atom. The van der Waals surface area contributed by atoms with Gasteiger partial charge in [-0.3, -0.25) is 14.2 Å². The highest BCUT2D eigenvalue weighted by atomic mass is 16.2. The summed E-state index contributed by atoms with van der Waals surface area (Å²) >= 11 is 0. The average Bonchev–Trinajstić information content (AvgIpc) is 3.19. The Morgan fingerprint density at radius 1 is 1.07 bits per heavy atom. The maximum absolute atomic E-state index is 12.8. The van der Waals surface area contributed by atoms with E-state index in [1.54, 1.807) is 16.6 Å². The molecule has 0 bridgehead atoms. The molecule has 0 saturated heterocycles. The van der Waals surface area contributed by atoms with Crippen molar-refractivity contribution in [1.29, 1.82) is 0 Å². The first-order valence-electron chi connectivity index (χ1n) is 9.81. The molecule has 1 amide bonds. The zero-order chi connectivity index (χ0) is 21.1. The van der Waals surface area contributed by atoms with Gasteiger partial charge in [-0.1, -0.05) is 48.0 Å². The van der Waals surface area contributed by atoms with E-state index in [4.69, 9.17) is 0 Å². The van der Waals surface area contributed by atoms with E-state index < -0.39 is 0 Å². The molecule has 0 atom stereocenters. The molecule has 4 rings (SSSR count). The third kappa shape index (κ3) is 4.00. The molecule has 0 radical (unpaired) electrons. The molecular weight excluding hydrogens is 378 g/mol. The second-order valence-corrected chi connectivity index (χ2v) is 7.36. The van der Waals surface area contributed by atoms with Crippen molar-refractivity contribution < 1.29 is 4.79 Å². The fourth-order valence-corrected chi connectivity index (χ4v) is 3.34. The number of hydrogen-bond donors (Lipinski definition) is 0. The Hall–Kier alpha value is -3.74. The largest absolute Gasteiger partial charge is 0.341 e. The molecule has 0 unspecified atom stereocenters. The van der Waals surface area contributed by atoms with Crippen molar-refractivity contribution in [2.24, 2.45) is 0 Å². The van der Waals surface area contributed by atoms with Gasteiger partial charge in [-0.15, -0.1) is 0 Å². The zero-order valence-electron chi connectivity index (χ0n) is 17.0. The number of carbonyl (C=O) groups excluding carboxylic acids is 1. The van der Waals surface area contributed by atoms with Gasteiger partial charge in [0.1, 0.15) is 5.39 Å². The minimum atomic E-state index is -0.197. The third-order valence-electron chi connectivity index (χ3n) is 5.09. The predicted molar refractivity (Wildman–Crippen MR) is 115 cm³/mol. The Kier molecular flexibility index (Phi) is 5.43. The van der Waals surface area contributed by atoms with Crippen LogP contribution in [0.3, 0.4) is 0 Å². The summed E-state index contributed by atoms with van der Waals surface area (Å²) in [5, 5.41) is 4.77. The van der Waals surface area contributed by atoms with E-state index >= 15 is 0 Å². The smallest absolute Gasteiger partial charge is 0.264 e. The molecule has 7 nitrogen and oxygen atoms in total. The molecule has 30 heavy (non-hydrogen) atoms. The minimum Gasteiger partial charge on any atom is -0.341 e. The van der Waals surface area contributed by atoms with Gasteiger partial charge in [0.2, 0.25) is 5.91 Å². The molecule has 0 N–H and O–H groups in total. The van der Waals surface area contributed by atoms with E-state index in [2.05, 4.69) is 10.1 Å². The molecular formula is C23H23N5O2. The van der Waals surface area contributed by atoms with Crippen molar-refractivity contribution in [3.63, 3.8) is 0 Å². The lowest BCUT2D eigenvalue weighted by atomic mass is 10.2. The van der Waals surface area contributed by atoms with E-state index in [-0.39, 0.29) is 24.4 Å². The van der Waals surface area contributed by atoms with Gasteiger partial charge in [0, 0.05) is 26.6 Å². The molecule has 0 aliphatic rings. The summed E-state index contributed by atoms with van der Waals surface area (Å²) in [6.07, 6.45) is 3.24.